The maximum absolute atomic E-state index is 12.5. The van der Waals surface area contributed by atoms with Gasteiger partial charge in [-0.1, -0.05) is 0 Å². The van der Waals surface area contributed by atoms with E-state index in [0.717, 1.165) is 13.2 Å². The number of rotatable bonds is 3. The van der Waals surface area contributed by atoms with Gasteiger partial charge in [0.05, 0.1) is 12.0 Å². The molecule has 0 saturated heterocycles. The average Bonchev–Trinajstić information content (AvgIpc) is 2.26. The third kappa shape index (κ3) is 2.03. The van der Waals surface area contributed by atoms with Crippen LogP contribution in [0.15, 0.2) is 6.07 Å². The molecular formula is C8H5F2N3O3. The molecule has 0 amide bonds. The fraction of sp³-hybridized carbons (Fsp3) is 0.250. The highest BCUT2D eigenvalue weighted by Crippen LogP contribution is 2.32. The second-order valence-electron chi connectivity index (χ2n) is 2.62. The van der Waals surface area contributed by atoms with Gasteiger partial charge in [-0.3, -0.25) is 10.1 Å². The molecule has 0 atom stereocenters. The van der Waals surface area contributed by atoms with Gasteiger partial charge in [0.15, 0.2) is 5.69 Å². The second kappa shape index (κ2) is 4.48. The van der Waals surface area contributed by atoms with Crippen LogP contribution in [0.4, 0.5) is 14.5 Å². The molecule has 0 aliphatic heterocycles. The van der Waals surface area contributed by atoms with Crippen molar-refractivity contribution in [3.63, 3.8) is 0 Å². The van der Waals surface area contributed by atoms with Gasteiger partial charge in [0.2, 0.25) is 5.88 Å². The number of nitro groups is 1. The zero-order valence-electron chi connectivity index (χ0n) is 7.98. The molecule has 16 heavy (non-hydrogen) atoms. The summed E-state index contributed by atoms with van der Waals surface area (Å²) in [6.45, 7) is 0. The van der Waals surface area contributed by atoms with Crippen molar-refractivity contribution in [3.05, 3.63) is 27.4 Å². The molecule has 1 heterocycles. The quantitative estimate of drug-likeness (QED) is 0.582. The van der Waals surface area contributed by atoms with E-state index in [1.807, 2.05) is 0 Å². The zero-order valence-corrected chi connectivity index (χ0v) is 7.98. The predicted octanol–water partition coefficient (Wildman–Crippen LogP) is 1.81. The van der Waals surface area contributed by atoms with Crippen LogP contribution in [0, 0.1) is 21.4 Å². The SMILES string of the molecule is COc1cc(C#N)c([N+](=O)[O-])c(C(F)F)n1. The van der Waals surface area contributed by atoms with Gasteiger partial charge in [-0.15, -0.1) is 0 Å². The van der Waals surface area contributed by atoms with E-state index in [-0.39, 0.29) is 5.88 Å². The molecule has 1 aromatic rings. The minimum Gasteiger partial charge on any atom is -0.481 e. The average molecular weight is 229 g/mol. The molecular weight excluding hydrogens is 224 g/mol. The van der Waals surface area contributed by atoms with Crippen molar-refractivity contribution >= 4 is 5.69 Å². The van der Waals surface area contributed by atoms with Crippen LogP contribution >= 0.6 is 0 Å². The standard InChI is InChI=1S/C8H5F2N3O3/c1-16-5-2-4(3-11)7(13(14)15)6(12-5)8(9)10/h2,8H,1H3. The van der Waals surface area contributed by atoms with Crippen LogP contribution in [0.3, 0.4) is 0 Å². The number of alkyl halides is 2. The molecule has 0 fully saturated rings. The van der Waals surface area contributed by atoms with Gasteiger partial charge in [0.25, 0.3) is 6.43 Å². The molecule has 0 spiro atoms. The van der Waals surface area contributed by atoms with Gasteiger partial charge in [-0.05, 0) is 0 Å². The number of hydrogen-bond acceptors (Lipinski definition) is 5. The van der Waals surface area contributed by atoms with E-state index in [4.69, 9.17) is 5.26 Å². The van der Waals surface area contributed by atoms with Crippen molar-refractivity contribution in [2.75, 3.05) is 7.11 Å². The van der Waals surface area contributed by atoms with Gasteiger partial charge < -0.3 is 4.74 Å². The van der Waals surface area contributed by atoms with E-state index >= 15 is 0 Å². The lowest BCUT2D eigenvalue weighted by atomic mass is 10.2. The summed E-state index contributed by atoms with van der Waals surface area (Å²) in [5, 5.41) is 19.2. The van der Waals surface area contributed by atoms with E-state index in [0.29, 0.717) is 0 Å². The van der Waals surface area contributed by atoms with Crippen LogP contribution in [-0.2, 0) is 0 Å². The number of nitrogens with zero attached hydrogens (tertiary/aromatic N) is 3. The fourth-order valence-corrected chi connectivity index (χ4v) is 1.07. The lowest BCUT2D eigenvalue weighted by molar-refractivity contribution is -0.386. The van der Waals surface area contributed by atoms with Crippen molar-refractivity contribution in [1.29, 1.82) is 5.26 Å². The van der Waals surface area contributed by atoms with Crippen molar-refractivity contribution in [3.8, 4) is 11.9 Å². The van der Waals surface area contributed by atoms with Gasteiger partial charge in [-0.2, -0.15) is 5.26 Å². The highest BCUT2D eigenvalue weighted by Gasteiger charge is 2.29. The van der Waals surface area contributed by atoms with Crippen LogP contribution in [0.2, 0.25) is 0 Å². The Labute approximate surface area is 88.2 Å². The number of nitriles is 1. The molecule has 1 aromatic heterocycles. The molecule has 6 nitrogen and oxygen atoms in total. The highest BCUT2D eigenvalue weighted by molar-refractivity contribution is 5.53. The van der Waals surface area contributed by atoms with E-state index < -0.39 is 28.3 Å². The summed E-state index contributed by atoms with van der Waals surface area (Å²) in [6, 6.07) is 2.39. The third-order valence-corrected chi connectivity index (χ3v) is 1.72. The number of ether oxygens (including phenoxy) is 1. The summed E-state index contributed by atoms with van der Waals surface area (Å²) in [6.07, 6.45) is -3.15. The maximum Gasteiger partial charge on any atom is 0.314 e. The number of hydrogen-bond donors (Lipinski definition) is 0. The van der Waals surface area contributed by atoms with Crippen molar-refractivity contribution in [1.82, 2.24) is 4.98 Å². The number of pyridine rings is 1. The van der Waals surface area contributed by atoms with E-state index in [1.165, 1.54) is 6.07 Å². The molecule has 0 radical (unpaired) electrons. The Hall–Kier alpha value is -2.30. The molecule has 84 valence electrons. The summed E-state index contributed by atoms with van der Waals surface area (Å²) < 4.78 is 29.5. The largest absolute Gasteiger partial charge is 0.481 e. The first-order valence-corrected chi connectivity index (χ1v) is 3.92. The van der Waals surface area contributed by atoms with Crippen LogP contribution < -0.4 is 4.74 Å². The van der Waals surface area contributed by atoms with E-state index in [9.17, 15) is 18.9 Å². The molecule has 0 bridgehead atoms. The van der Waals surface area contributed by atoms with E-state index in [1.54, 1.807) is 0 Å². The minimum atomic E-state index is -3.15. The smallest absolute Gasteiger partial charge is 0.314 e. The Morgan fingerprint density at radius 3 is 2.69 bits per heavy atom. The molecule has 0 unspecified atom stereocenters. The first-order chi connectivity index (χ1) is 7.51. The Bertz CT molecular complexity index is 470. The fourth-order valence-electron chi connectivity index (χ4n) is 1.07. The first-order valence-electron chi connectivity index (χ1n) is 3.92. The van der Waals surface area contributed by atoms with Crippen LogP contribution in [0.1, 0.15) is 17.7 Å². The third-order valence-electron chi connectivity index (χ3n) is 1.72. The Morgan fingerprint density at radius 1 is 1.69 bits per heavy atom. The number of halogens is 2. The normalized spacial score (nSPS) is 9.94. The molecule has 0 aromatic carbocycles. The zero-order chi connectivity index (χ0) is 12.3. The summed E-state index contributed by atoms with van der Waals surface area (Å²) >= 11 is 0. The summed E-state index contributed by atoms with van der Waals surface area (Å²) in [5.41, 5.74) is -2.56. The Balaban J connectivity index is 3.55. The molecule has 0 aliphatic rings. The van der Waals surface area contributed by atoms with E-state index in [2.05, 4.69) is 9.72 Å². The first kappa shape index (κ1) is 11.8. The second-order valence-corrected chi connectivity index (χ2v) is 2.62. The van der Waals surface area contributed by atoms with Crippen LogP contribution in [0.25, 0.3) is 0 Å². The predicted molar refractivity (Wildman–Crippen MR) is 47.1 cm³/mol. The molecule has 0 N–H and O–H groups in total. The number of methoxy groups -OCH3 is 1. The van der Waals surface area contributed by atoms with Crippen molar-refractivity contribution < 1.29 is 18.4 Å². The maximum atomic E-state index is 12.5. The lowest BCUT2D eigenvalue weighted by Crippen LogP contribution is -2.04. The topological polar surface area (TPSA) is 89.0 Å². The Kier molecular flexibility index (Phi) is 3.30. The lowest BCUT2D eigenvalue weighted by Gasteiger charge is -2.05. The van der Waals surface area contributed by atoms with Crippen LogP contribution in [-0.4, -0.2) is 17.0 Å². The van der Waals surface area contributed by atoms with Gasteiger partial charge in [0.1, 0.15) is 11.6 Å². The monoisotopic (exact) mass is 229 g/mol. The summed E-state index contributed by atoms with van der Waals surface area (Å²) in [7, 11) is 1.16. The summed E-state index contributed by atoms with van der Waals surface area (Å²) in [5.74, 6) is -0.266. The van der Waals surface area contributed by atoms with Crippen molar-refractivity contribution in [2.45, 2.75) is 6.43 Å². The highest BCUT2D eigenvalue weighted by atomic mass is 19.3. The van der Waals surface area contributed by atoms with Crippen molar-refractivity contribution in [2.24, 2.45) is 0 Å². The molecule has 0 aliphatic carbocycles. The minimum absolute atomic E-state index is 0.266. The van der Waals surface area contributed by atoms with Gasteiger partial charge in [0, 0.05) is 6.07 Å². The molecule has 8 heteroatoms. The summed E-state index contributed by atoms with van der Waals surface area (Å²) in [4.78, 5) is 12.7. The molecule has 0 saturated carbocycles. The van der Waals surface area contributed by atoms with Crippen LogP contribution in [0.5, 0.6) is 5.88 Å². The molecule has 1 rings (SSSR count). The number of aromatic nitrogens is 1. The van der Waals surface area contributed by atoms with Gasteiger partial charge >= 0.3 is 5.69 Å². The van der Waals surface area contributed by atoms with Gasteiger partial charge in [-0.25, -0.2) is 13.8 Å². The Morgan fingerprint density at radius 2 is 2.31 bits per heavy atom.